The summed E-state index contributed by atoms with van der Waals surface area (Å²) in [7, 11) is 0. The van der Waals surface area contributed by atoms with Crippen LogP contribution < -0.4 is 4.74 Å². The van der Waals surface area contributed by atoms with Crippen molar-refractivity contribution in [2.24, 2.45) is 0 Å². The first-order valence-electron chi connectivity index (χ1n) is 9.51. The van der Waals surface area contributed by atoms with Crippen molar-refractivity contribution in [2.75, 3.05) is 13.2 Å². The van der Waals surface area contributed by atoms with Gasteiger partial charge in [0.05, 0.1) is 24.0 Å². The first-order valence-corrected chi connectivity index (χ1v) is 10.7. The number of halogens is 2. The van der Waals surface area contributed by atoms with Crippen LogP contribution in [0.15, 0.2) is 71.7 Å². The molecular formula is C22H22BrClN2O3. The van der Waals surface area contributed by atoms with Crippen molar-refractivity contribution in [1.29, 1.82) is 0 Å². The lowest BCUT2D eigenvalue weighted by atomic mass is 10.0. The fourth-order valence-electron chi connectivity index (χ4n) is 3.38. The zero-order valence-corrected chi connectivity index (χ0v) is 18.2. The van der Waals surface area contributed by atoms with Crippen LogP contribution in [-0.2, 0) is 22.4 Å². The van der Waals surface area contributed by atoms with E-state index in [4.69, 9.17) is 25.8 Å². The van der Waals surface area contributed by atoms with E-state index in [1.165, 1.54) is 5.56 Å². The van der Waals surface area contributed by atoms with E-state index in [0.29, 0.717) is 19.8 Å². The number of para-hydroxylation sites is 1. The third-order valence-electron chi connectivity index (χ3n) is 4.87. The lowest BCUT2D eigenvalue weighted by Crippen LogP contribution is -2.37. The van der Waals surface area contributed by atoms with E-state index in [0.717, 1.165) is 28.1 Å². The molecule has 0 saturated carbocycles. The Hall–Kier alpha value is -1.86. The molecule has 0 bridgehead atoms. The second kappa shape index (κ2) is 9.30. The van der Waals surface area contributed by atoms with Gasteiger partial charge in [0.2, 0.25) is 0 Å². The number of ether oxygens (including phenoxy) is 3. The lowest BCUT2D eigenvalue weighted by molar-refractivity contribution is -0.184. The van der Waals surface area contributed by atoms with Crippen LogP contribution in [-0.4, -0.2) is 34.7 Å². The molecule has 2 aromatic carbocycles. The summed E-state index contributed by atoms with van der Waals surface area (Å²) in [6.07, 6.45) is 6.86. The molecule has 3 aromatic rings. The molecule has 1 aliphatic heterocycles. The summed E-state index contributed by atoms with van der Waals surface area (Å²) in [5.41, 5.74) is 1.19. The Labute approximate surface area is 183 Å². The minimum atomic E-state index is -0.720. The Bertz CT molecular complexity index is 920. The molecule has 7 heteroatoms. The number of rotatable bonds is 8. The molecule has 0 amide bonds. The lowest BCUT2D eigenvalue weighted by Gasteiger charge is -2.28. The Morgan fingerprint density at radius 1 is 1.21 bits per heavy atom. The Balaban J connectivity index is 1.41. The van der Waals surface area contributed by atoms with Crippen molar-refractivity contribution in [3.05, 3.63) is 82.3 Å². The molecule has 152 valence electrons. The predicted molar refractivity (Wildman–Crippen MR) is 115 cm³/mol. The summed E-state index contributed by atoms with van der Waals surface area (Å²) in [6, 6.07) is 15.7. The second-order valence-corrected chi connectivity index (χ2v) is 8.36. The summed E-state index contributed by atoms with van der Waals surface area (Å²) >= 11 is 9.51. The largest absolute Gasteiger partial charge is 0.490 e. The minimum absolute atomic E-state index is 0.143. The molecule has 2 heterocycles. The average Bonchev–Trinajstić information content (AvgIpc) is 3.38. The fraction of sp³-hybridized carbons (Fsp3) is 0.318. The molecule has 1 aromatic heterocycles. The van der Waals surface area contributed by atoms with Gasteiger partial charge in [0.1, 0.15) is 18.5 Å². The second-order valence-electron chi connectivity index (χ2n) is 7.06. The summed E-state index contributed by atoms with van der Waals surface area (Å²) in [6.45, 7) is 1.49. The van der Waals surface area contributed by atoms with Crippen molar-refractivity contribution < 1.29 is 14.2 Å². The molecule has 1 aliphatic rings. The van der Waals surface area contributed by atoms with Gasteiger partial charge in [-0.3, -0.25) is 0 Å². The molecule has 2 atom stereocenters. The molecule has 5 nitrogen and oxygen atoms in total. The summed E-state index contributed by atoms with van der Waals surface area (Å²) in [5, 5.41) is 0.736. The van der Waals surface area contributed by atoms with E-state index < -0.39 is 5.79 Å². The third-order valence-corrected chi connectivity index (χ3v) is 5.77. The SMILES string of the molecule is Clc1ccc(CC[C@@]2(Cn3ccnc3)OC[C@@H](COc3ccccc3Br)O2)cc1. The third kappa shape index (κ3) is 5.39. The highest BCUT2D eigenvalue weighted by Gasteiger charge is 2.42. The molecule has 0 unspecified atom stereocenters. The van der Waals surface area contributed by atoms with Crippen molar-refractivity contribution >= 4 is 27.5 Å². The number of hydrogen-bond donors (Lipinski definition) is 0. The molecule has 29 heavy (non-hydrogen) atoms. The van der Waals surface area contributed by atoms with Crippen LogP contribution in [0.5, 0.6) is 5.75 Å². The number of hydrogen-bond acceptors (Lipinski definition) is 4. The topological polar surface area (TPSA) is 45.5 Å². The highest BCUT2D eigenvalue weighted by Crippen LogP contribution is 2.32. The van der Waals surface area contributed by atoms with E-state index in [-0.39, 0.29) is 6.10 Å². The van der Waals surface area contributed by atoms with E-state index in [2.05, 4.69) is 20.9 Å². The molecule has 0 radical (unpaired) electrons. The van der Waals surface area contributed by atoms with Crippen LogP contribution in [0, 0.1) is 0 Å². The summed E-state index contributed by atoms with van der Waals surface area (Å²) in [4.78, 5) is 4.14. The van der Waals surface area contributed by atoms with Gasteiger partial charge in [-0.1, -0.05) is 35.9 Å². The van der Waals surface area contributed by atoms with Gasteiger partial charge < -0.3 is 18.8 Å². The average molecular weight is 478 g/mol. The number of nitrogens with zero attached hydrogens (tertiary/aromatic N) is 2. The maximum Gasteiger partial charge on any atom is 0.187 e. The first kappa shape index (κ1) is 20.4. The normalized spacial score (nSPS) is 21.4. The zero-order valence-electron chi connectivity index (χ0n) is 15.8. The highest BCUT2D eigenvalue weighted by atomic mass is 79.9. The smallest absolute Gasteiger partial charge is 0.187 e. The van der Waals surface area contributed by atoms with E-state index in [1.807, 2.05) is 59.3 Å². The van der Waals surface area contributed by atoms with Crippen molar-refractivity contribution in [3.63, 3.8) is 0 Å². The van der Waals surface area contributed by atoms with Crippen LogP contribution in [0.2, 0.25) is 5.02 Å². The van der Waals surface area contributed by atoms with Crippen molar-refractivity contribution in [1.82, 2.24) is 9.55 Å². The fourth-order valence-corrected chi connectivity index (χ4v) is 3.91. The minimum Gasteiger partial charge on any atom is -0.490 e. The van der Waals surface area contributed by atoms with Crippen LogP contribution in [0.3, 0.4) is 0 Å². The highest BCUT2D eigenvalue weighted by molar-refractivity contribution is 9.10. The molecule has 0 spiro atoms. The molecule has 4 rings (SSSR count). The Morgan fingerprint density at radius 2 is 2.03 bits per heavy atom. The van der Waals surface area contributed by atoms with Gasteiger partial charge in [-0.15, -0.1) is 0 Å². The van der Waals surface area contributed by atoms with E-state index >= 15 is 0 Å². The van der Waals surface area contributed by atoms with Gasteiger partial charge in [-0.25, -0.2) is 4.98 Å². The van der Waals surface area contributed by atoms with Crippen LogP contribution in [0.1, 0.15) is 12.0 Å². The Kier molecular flexibility index (Phi) is 6.55. The van der Waals surface area contributed by atoms with Gasteiger partial charge in [-0.05, 0) is 52.2 Å². The summed E-state index contributed by atoms with van der Waals surface area (Å²) in [5.74, 6) is 0.0758. The van der Waals surface area contributed by atoms with Gasteiger partial charge in [0.15, 0.2) is 5.79 Å². The van der Waals surface area contributed by atoms with Crippen LogP contribution >= 0.6 is 27.5 Å². The quantitative estimate of drug-likeness (QED) is 0.452. The van der Waals surface area contributed by atoms with Crippen LogP contribution in [0.25, 0.3) is 0 Å². The maximum atomic E-state index is 6.39. The number of benzene rings is 2. The molecule has 1 fully saturated rings. The Morgan fingerprint density at radius 3 is 2.79 bits per heavy atom. The van der Waals surface area contributed by atoms with E-state index in [9.17, 15) is 0 Å². The van der Waals surface area contributed by atoms with E-state index in [1.54, 1.807) is 12.5 Å². The summed E-state index contributed by atoms with van der Waals surface area (Å²) < 4.78 is 21.4. The number of aryl methyl sites for hydroxylation is 1. The number of imidazole rings is 1. The van der Waals surface area contributed by atoms with Crippen molar-refractivity contribution in [3.8, 4) is 5.75 Å². The monoisotopic (exact) mass is 476 g/mol. The zero-order chi connectivity index (χ0) is 20.1. The van der Waals surface area contributed by atoms with Crippen LogP contribution in [0.4, 0.5) is 0 Å². The standard InChI is InChI=1S/C22H22BrClN2O3/c23-20-3-1-2-4-21(20)27-13-19-14-28-22(29-19,15-26-12-11-25-16-26)10-9-17-5-7-18(24)8-6-17/h1-8,11-12,16,19H,9-10,13-15H2/t19-,22-/m1/s1. The van der Waals surface area contributed by atoms with Gasteiger partial charge in [0.25, 0.3) is 0 Å². The molecule has 1 saturated heterocycles. The first-order chi connectivity index (χ1) is 14.1. The number of aromatic nitrogens is 2. The van der Waals surface area contributed by atoms with Gasteiger partial charge >= 0.3 is 0 Å². The molecular weight excluding hydrogens is 456 g/mol. The van der Waals surface area contributed by atoms with Crippen molar-refractivity contribution in [2.45, 2.75) is 31.3 Å². The van der Waals surface area contributed by atoms with Gasteiger partial charge in [0, 0.05) is 23.8 Å². The predicted octanol–water partition coefficient (Wildman–Crippen LogP) is 5.12. The maximum absolute atomic E-state index is 6.39. The van der Waals surface area contributed by atoms with Gasteiger partial charge in [-0.2, -0.15) is 0 Å². The molecule has 0 aliphatic carbocycles. The molecule has 0 N–H and O–H groups in total.